The highest BCUT2D eigenvalue weighted by Gasteiger charge is 2.09. The topological polar surface area (TPSA) is 97.1 Å². The minimum Gasteiger partial charge on any atom is -0.480 e. The van der Waals surface area contributed by atoms with Crippen molar-refractivity contribution < 1.29 is 14.7 Å². The molecule has 0 atom stereocenters. The standard InChI is InChI=1S/C10H9BrN4O3S/c11-8-2-1-7(19-8)10(18)12-3-6-4-15(14-13-6)5-9(16)17/h1-2,4H,3,5H2,(H,12,18)(H,16,17). The van der Waals surface area contributed by atoms with Crippen LogP contribution >= 0.6 is 27.3 Å². The lowest BCUT2D eigenvalue weighted by Gasteiger charge is -1.99. The monoisotopic (exact) mass is 344 g/mol. The Hall–Kier alpha value is -1.74. The van der Waals surface area contributed by atoms with E-state index in [-0.39, 0.29) is 19.0 Å². The zero-order chi connectivity index (χ0) is 13.8. The highest BCUT2D eigenvalue weighted by atomic mass is 79.9. The molecule has 0 radical (unpaired) electrons. The predicted molar refractivity (Wildman–Crippen MR) is 70.8 cm³/mol. The Morgan fingerprint density at radius 1 is 1.47 bits per heavy atom. The molecule has 2 aromatic heterocycles. The van der Waals surface area contributed by atoms with Crippen LogP contribution in [0.4, 0.5) is 0 Å². The number of amides is 1. The maximum absolute atomic E-state index is 11.7. The van der Waals surface area contributed by atoms with Crippen molar-refractivity contribution in [2.45, 2.75) is 13.1 Å². The lowest BCUT2D eigenvalue weighted by atomic mass is 10.4. The van der Waals surface area contributed by atoms with Gasteiger partial charge in [0.1, 0.15) is 12.2 Å². The molecule has 0 bridgehead atoms. The van der Waals surface area contributed by atoms with Crippen molar-refractivity contribution in [3.63, 3.8) is 0 Å². The minimum atomic E-state index is -0.996. The largest absolute Gasteiger partial charge is 0.480 e. The molecule has 0 aromatic carbocycles. The first-order valence-electron chi connectivity index (χ1n) is 5.19. The van der Waals surface area contributed by atoms with Crippen molar-refractivity contribution >= 4 is 39.1 Å². The summed E-state index contributed by atoms with van der Waals surface area (Å²) in [7, 11) is 0. The molecule has 7 nitrogen and oxygen atoms in total. The third kappa shape index (κ3) is 3.86. The first-order valence-corrected chi connectivity index (χ1v) is 6.80. The van der Waals surface area contributed by atoms with Gasteiger partial charge < -0.3 is 10.4 Å². The number of nitrogens with zero attached hydrogens (tertiary/aromatic N) is 3. The van der Waals surface area contributed by atoms with E-state index in [1.165, 1.54) is 22.2 Å². The van der Waals surface area contributed by atoms with Gasteiger partial charge in [-0.2, -0.15) is 0 Å². The van der Waals surface area contributed by atoms with E-state index in [1.54, 1.807) is 12.1 Å². The van der Waals surface area contributed by atoms with Crippen LogP contribution in [0.15, 0.2) is 22.1 Å². The third-order valence-electron chi connectivity index (χ3n) is 2.11. The fourth-order valence-corrected chi connectivity index (χ4v) is 2.63. The number of carbonyl (C=O) groups is 2. The van der Waals surface area contributed by atoms with E-state index in [2.05, 4.69) is 31.6 Å². The molecule has 0 aliphatic heterocycles. The fraction of sp³-hybridized carbons (Fsp3) is 0.200. The Bertz CT molecular complexity index is 609. The average molecular weight is 345 g/mol. The van der Waals surface area contributed by atoms with Gasteiger partial charge in [0.2, 0.25) is 0 Å². The first kappa shape index (κ1) is 13.7. The summed E-state index contributed by atoms with van der Waals surface area (Å²) in [6.45, 7) is -0.0488. The van der Waals surface area contributed by atoms with E-state index in [1.807, 2.05) is 0 Å². The highest BCUT2D eigenvalue weighted by Crippen LogP contribution is 2.21. The summed E-state index contributed by atoms with van der Waals surface area (Å²) in [5.74, 6) is -1.20. The number of carbonyl (C=O) groups excluding carboxylic acids is 1. The average Bonchev–Trinajstić information content (AvgIpc) is 2.94. The highest BCUT2D eigenvalue weighted by molar-refractivity contribution is 9.11. The van der Waals surface area contributed by atoms with Crippen molar-refractivity contribution in [3.8, 4) is 0 Å². The Kier molecular flexibility index (Phi) is 4.27. The van der Waals surface area contributed by atoms with E-state index in [9.17, 15) is 9.59 Å². The fourth-order valence-electron chi connectivity index (χ4n) is 1.33. The number of thiophene rings is 1. The normalized spacial score (nSPS) is 10.4. The van der Waals surface area contributed by atoms with Gasteiger partial charge in [-0.1, -0.05) is 5.21 Å². The van der Waals surface area contributed by atoms with Gasteiger partial charge >= 0.3 is 5.97 Å². The number of halogens is 1. The quantitative estimate of drug-likeness (QED) is 0.846. The Labute approximate surface area is 120 Å². The molecule has 2 heterocycles. The van der Waals surface area contributed by atoms with Crippen LogP contribution in [0, 0.1) is 0 Å². The molecule has 0 aliphatic carbocycles. The van der Waals surface area contributed by atoms with Crippen molar-refractivity contribution in [1.29, 1.82) is 0 Å². The molecule has 2 N–H and O–H groups in total. The van der Waals surface area contributed by atoms with E-state index in [0.29, 0.717) is 10.6 Å². The molecular formula is C10H9BrN4O3S. The summed E-state index contributed by atoms with van der Waals surface area (Å²) >= 11 is 4.61. The summed E-state index contributed by atoms with van der Waals surface area (Å²) in [4.78, 5) is 22.8. The van der Waals surface area contributed by atoms with Crippen molar-refractivity contribution in [2.75, 3.05) is 0 Å². The van der Waals surface area contributed by atoms with Crippen LogP contribution in [0.2, 0.25) is 0 Å². The van der Waals surface area contributed by atoms with E-state index < -0.39 is 5.97 Å². The molecule has 0 saturated carbocycles. The maximum Gasteiger partial charge on any atom is 0.325 e. The van der Waals surface area contributed by atoms with Crippen LogP contribution in [0.5, 0.6) is 0 Å². The van der Waals surface area contributed by atoms with E-state index in [4.69, 9.17) is 5.11 Å². The number of carboxylic acids is 1. The zero-order valence-electron chi connectivity index (χ0n) is 9.54. The molecule has 0 unspecified atom stereocenters. The minimum absolute atomic E-state index is 0.202. The molecule has 1 amide bonds. The Morgan fingerprint density at radius 2 is 2.26 bits per heavy atom. The van der Waals surface area contributed by atoms with Crippen LogP contribution in [-0.4, -0.2) is 32.0 Å². The molecule has 0 fully saturated rings. The first-order chi connectivity index (χ1) is 9.04. The maximum atomic E-state index is 11.7. The third-order valence-corrected chi connectivity index (χ3v) is 3.73. The van der Waals surface area contributed by atoms with Gasteiger partial charge in [0.25, 0.3) is 5.91 Å². The summed E-state index contributed by atoms with van der Waals surface area (Å²) in [6, 6.07) is 3.51. The van der Waals surface area contributed by atoms with Crippen LogP contribution in [0.25, 0.3) is 0 Å². The number of carboxylic acid groups (broad SMARTS) is 1. The van der Waals surface area contributed by atoms with Gasteiger partial charge in [-0.05, 0) is 28.1 Å². The summed E-state index contributed by atoms with van der Waals surface area (Å²) < 4.78 is 2.08. The number of rotatable bonds is 5. The lowest BCUT2D eigenvalue weighted by molar-refractivity contribution is -0.137. The van der Waals surface area contributed by atoms with Gasteiger partial charge in [-0.3, -0.25) is 9.59 Å². The van der Waals surface area contributed by atoms with Crippen LogP contribution < -0.4 is 5.32 Å². The van der Waals surface area contributed by atoms with Crippen molar-refractivity contribution in [3.05, 3.63) is 32.7 Å². The lowest BCUT2D eigenvalue weighted by Crippen LogP contribution is -2.21. The molecule has 0 saturated heterocycles. The Balaban J connectivity index is 1.90. The molecular weight excluding hydrogens is 336 g/mol. The van der Waals surface area contributed by atoms with Gasteiger partial charge in [-0.25, -0.2) is 4.68 Å². The SMILES string of the molecule is O=C(O)Cn1cc(CNC(=O)c2ccc(Br)s2)nn1. The van der Waals surface area contributed by atoms with E-state index >= 15 is 0 Å². The number of hydrogen-bond donors (Lipinski definition) is 2. The van der Waals surface area contributed by atoms with Gasteiger partial charge in [-0.15, -0.1) is 16.4 Å². The zero-order valence-corrected chi connectivity index (χ0v) is 11.9. The van der Waals surface area contributed by atoms with Gasteiger partial charge in [0.05, 0.1) is 21.4 Å². The molecule has 19 heavy (non-hydrogen) atoms. The van der Waals surface area contributed by atoms with Crippen molar-refractivity contribution in [1.82, 2.24) is 20.3 Å². The number of aromatic nitrogens is 3. The summed E-state index contributed by atoms with van der Waals surface area (Å²) in [6.07, 6.45) is 1.48. The second-order valence-corrected chi connectivity index (χ2v) is 6.05. The number of aliphatic carboxylic acids is 1. The molecule has 0 aliphatic rings. The number of hydrogen-bond acceptors (Lipinski definition) is 5. The molecule has 100 valence electrons. The molecule has 9 heteroatoms. The molecule has 2 rings (SSSR count). The molecule has 2 aromatic rings. The predicted octanol–water partition coefficient (Wildman–Crippen LogP) is 1.12. The smallest absolute Gasteiger partial charge is 0.325 e. The van der Waals surface area contributed by atoms with Crippen LogP contribution in [0.1, 0.15) is 15.4 Å². The van der Waals surface area contributed by atoms with E-state index in [0.717, 1.165) is 3.79 Å². The molecule has 0 spiro atoms. The summed E-state index contributed by atoms with van der Waals surface area (Å²) in [5, 5.41) is 18.7. The van der Waals surface area contributed by atoms with Gasteiger partial charge in [0.15, 0.2) is 0 Å². The second-order valence-electron chi connectivity index (χ2n) is 3.59. The van der Waals surface area contributed by atoms with Gasteiger partial charge in [0, 0.05) is 0 Å². The van der Waals surface area contributed by atoms with Crippen LogP contribution in [0.3, 0.4) is 0 Å². The summed E-state index contributed by atoms with van der Waals surface area (Å²) in [5.41, 5.74) is 0.505. The van der Waals surface area contributed by atoms with Crippen LogP contribution in [-0.2, 0) is 17.9 Å². The Morgan fingerprint density at radius 3 is 2.89 bits per heavy atom. The second kappa shape index (κ2) is 5.93. The number of nitrogens with one attached hydrogen (secondary N) is 1. The van der Waals surface area contributed by atoms with Crippen molar-refractivity contribution in [2.24, 2.45) is 0 Å².